The maximum Gasteiger partial charge on any atom is 0.0722 e. The smallest absolute Gasteiger partial charge is 0.0722 e. The van der Waals surface area contributed by atoms with Crippen LogP contribution in [-0.2, 0) is 0 Å². The maximum absolute atomic E-state index is 11.6. The molecule has 0 saturated heterocycles. The van der Waals surface area contributed by atoms with Crippen LogP contribution in [0.1, 0.15) is 59.5 Å². The summed E-state index contributed by atoms with van der Waals surface area (Å²) in [5.41, 5.74) is 4.88. The fraction of sp³-hybridized carbons (Fsp3) is 0.304. The predicted octanol–water partition coefficient (Wildman–Crippen LogP) is 4.62. The van der Waals surface area contributed by atoms with Gasteiger partial charge in [0.2, 0.25) is 0 Å². The van der Waals surface area contributed by atoms with Crippen LogP contribution in [0.5, 0.6) is 0 Å². The van der Waals surface area contributed by atoms with E-state index in [1.807, 2.05) is 25.1 Å². The summed E-state index contributed by atoms with van der Waals surface area (Å²) in [6.07, 6.45) is 6.50. The molecule has 0 aliphatic heterocycles. The predicted molar refractivity (Wildman–Crippen MR) is 102 cm³/mol. The van der Waals surface area contributed by atoms with E-state index in [9.17, 15) is 9.90 Å². The van der Waals surface area contributed by atoms with Crippen molar-refractivity contribution in [3.05, 3.63) is 65.2 Å². The molecule has 1 saturated carbocycles. The lowest BCUT2D eigenvalue weighted by molar-refractivity contribution is -0.254. The van der Waals surface area contributed by atoms with Crippen molar-refractivity contribution < 1.29 is 9.90 Å². The lowest BCUT2D eigenvalue weighted by Gasteiger charge is -2.22. The Morgan fingerprint density at radius 1 is 1.00 bits per heavy atom. The number of carbonyl (C=O) groups excluding carboxylic acids is 1. The molecule has 3 heteroatoms. The van der Waals surface area contributed by atoms with Crippen LogP contribution in [0.3, 0.4) is 0 Å². The Kier molecular flexibility index (Phi) is 4.46. The lowest BCUT2D eigenvalue weighted by Crippen LogP contribution is -2.22. The molecule has 1 fully saturated rings. The molecule has 1 aliphatic carbocycles. The second-order valence-electron chi connectivity index (χ2n) is 7.32. The third-order valence-corrected chi connectivity index (χ3v) is 5.47. The van der Waals surface area contributed by atoms with Gasteiger partial charge >= 0.3 is 0 Å². The van der Waals surface area contributed by atoms with Crippen molar-refractivity contribution in [1.29, 1.82) is 0 Å². The summed E-state index contributed by atoms with van der Waals surface area (Å²) < 4.78 is 0. The van der Waals surface area contributed by atoms with Crippen molar-refractivity contribution >= 4 is 16.9 Å². The Balaban J connectivity index is 1.74. The van der Waals surface area contributed by atoms with E-state index in [2.05, 4.69) is 29.2 Å². The first-order valence-corrected chi connectivity index (χ1v) is 9.35. The highest BCUT2D eigenvalue weighted by Gasteiger charge is 2.15. The average molecular weight is 344 g/mol. The molecule has 26 heavy (non-hydrogen) atoms. The topological polar surface area (TPSA) is 53.0 Å². The number of aromatic carboxylic acids is 1. The van der Waals surface area contributed by atoms with Crippen LogP contribution in [0.15, 0.2) is 48.5 Å². The molecule has 0 bridgehead atoms. The number of benzene rings is 2. The number of carbonyl (C=O) groups is 1. The highest BCUT2D eigenvalue weighted by molar-refractivity contribution is 6.03. The second-order valence-corrected chi connectivity index (χ2v) is 7.32. The molecule has 3 nitrogen and oxygen atoms in total. The van der Waals surface area contributed by atoms with E-state index >= 15 is 0 Å². The highest BCUT2D eigenvalue weighted by Crippen LogP contribution is 2.34. The number of fused-ring (bicyclic) bond motifs is 1. The Hall–Kier alpha value is -2.68. The SMILES string of the molecule is Cc1ccc2nc(-c3ccc(C4CCCCC4)cc3)cc(C(=O)[O-])c2c1. The van der Waals surface area contributed by atoms with Gasteiger partial charge in [-0.1, -0.05) is 55.2 Å². The minimum atomic E-state index is -1.16. The van der Waals surface area contributed by atoms with Gasteiger partial charge in [0.15, 0.2) is 0 Å². The summed E-state index contributed by atoms with van der Waals surface area (Å²) >= 11 is 0. The van der Waals surface area contributed by atoms with Crippen LogP contribution >= 0.6 is 0 Å². The van der Waals surface area contributed by atoms with Crippen molar-refractivity contribution in [3.63, 3.8) is 0 Å². The number of carboxylic acids is 1. The minimum Gasteiger partial charge on any atom is -0.545 e. The molecule has 0 atom stereocenters. The normalized spacial score (nSPS) is 15.3. The Bertz CT molecular complexity index is 954. The van der Waals surface area contributed by atoms with Crippen LogP contribution in [0.4, 0.5) is 0 Å². The largest absolute Gasteiger partial charge is 0.545 e. The lowest BCUT2D eigenvalue weighted by atomic mass is 9.84. The van der Waals surface area contributed by atoms with E-state index in [1.54, 1.807) is 6.07 Å². The van der Waals surface area contributed by atoms with E-state index in [0.717, 1.165) is 11.1 Å². The van der Waals surface area contributed by atoms with Gasteiger partial charge in [0.25, 0.3) is 0 Å². The third kappa shape index (κ3) is 3.22. The summed E-state index contributed by atoms with van der Waals surface area (Å²) in [4.78, 5) is 16.3. The molecule has 0 amide bonds. The highest BCUT2D eigenvalue weighted by atomic mass is 16.4. The van der Waals surface area contributed by atoms with Crippen LogP contribution in [0.25, 0.3) is 22.2 Å². The third-order valence-electron chi connectivity index (χ3n) is 5.47. The first kappa shape index (κ1) is 16.8. The molecule has 1 heterocycles. The number of rotatable bonds is 3. The van der Waals surface area contributed by atoms with Gasteiger partial charge in [0.1, 0.15) is 0 Å². The second kappa shape index (κ2) is 6.91. The molecule has 2 aromatic carbocycles. The summed E-state index contributed by atoms with van der Waals surface area (Å²) in [7, 11) is 0. The molecule has 3 aromatic rings. The van der Waals surface area contributed by atoms with Crippen molar-refractivity contribution in [3.8, 4) is 11.3 Å². The summed E-state index contributed by atoms with van der Waals surface area (Å²) in [5.74, 6) is -0.507. The molecule has 132 valence electrons. The molecule has 0 N–H and O–H groups in total. The number of nitrogens with zero attached hydrogens (tertiary/aromatic N) is 1. The minimum absolute atomic E-state index is 0.199. The number of hydrogen-bond donors (Lipinski definition) is 0. The van der Waals surface area contributed by atoms with E-state index in [1.165, 1.54) is 37.7 Å². The Morgan fingerprint density at radius 3 is 2.42 bits per heavy atom. The summed E-state index contributed by atoms with van der Waals surface area (Å²) in [5, 5.41) is 12.3. The Morgan fingerprint density at radius 2 is 1.73 bits per heavy atom. The molecule has 0 radical (unpaired) electrons. The molecule has 4 rings (SSSR count). The fourth-order valence-corrected chi connectivity index (χ4v) is 4.02. The number of pyridine rings is 1. The van der Waals surface area contributed by atoms with Gasteiger partial charge in [-0.2, -0.15) is 0 Å². The van der Waals surface area contributed by atoms with Crippen molar-refractivity contribution in [2.75, 3.05) is 0 Å². The van der Waals surface area contributed by atoms with Crippen molar-refractivity contribution in [2.24, 2.45) is 0 Å². The van der Waals surface area contributed by atoms with E-state index in [0.29, 0.717) is 22.5 Å². The van der Waals surface area contributed by atoms with Crippen LogP contribution < -0.4 is 5.11 Å². The Labute approximate surface area is 153 Å². The van der Waals surface area contributed by atoms with Gasteiger partial charge in [0.05, 0.1) is 17.2 Å². The van der Waals surface area contributed by atoms with Crippen molar-refractivity contribution in [2.45, 2.75) is 44.9 Å². The van der Waals surface area contributed by atoms with Gasteiger partial charge in [-0.3, -0.25) is 0 Å². The summed E-state index contributed by atoms with van der Waals surface area (Å²) in [6, 6.07) is 15.8. The molecule has 1 aliphatic rings. The van der Waals surface area contributed by atoms with Crippen LogP contribution in [0.2, 0.25) is 0 Å². The maximum atomic E-state index is 11.6. The first-order valence-electron chi connectivity index (χ1n) is 9.35. The van der Waals surface area contributed by atoms with Crippen LogP contribution in [-0.4, -0.2) is 11.0 Å². The zero-order valence-electron chi connectivity index (χ0n) is 15.0. The van der Waals surface area contributed by atoms with Gasteiger partial charge in [0, 0.05) is 16.5 Å². The molecule has 0 spiro atoms. The van der Waals surface area contributed by atoms with E-state index in [-0.39, 0.29) is 5.56 Å². The van der Waals surface area contributed by atoms with Gasteiger partial charge in [-0.25, -0.2) is 4.98 Å². The van der Waals surface area contributed by atoms with Crippen LogP contribution in [0, 0.1) is 6.92 Å². The van der Waals surface area contributed by atoms with Gasteiger partial charge < -0.3 is 9.90 Å². The fourth-order valence-electron chi connectivity index (χ4n) is 4.02. The van der Waals surface area contributed by atoms with Crippen molar-refractivity contribution in [1.82, 2.24) is 4.98 Å². The zero-order valence-corrected chi connectivity index (χ0v) is 15.0. The zero-order chi connectivity index (χ0) is 18.1. The monoisotopic (exact) mass is 344 g/mol. The molecule has 0 unspecified atom stereocenters. The molecular weight excluding hydrogens is 322 g/mol. The number of aromatic nitrogens is 1. The van der Waals surface area contributed by atoms with Gasteiger partial charge in [-0.05, 0) is 49.4 Å². The first-order chi connectivity index (χ1) is 12.6. The van der Waals surface area contributed by atoms with Gasteiger partial charge in [-0.15, -0.1) is 0 Å². The number of hydrogen-bond acceptors (Lipinski definition) is 3. The number of aryl methyl sites for hydroxylation is 1. The number of carboxylic acid groups (broad SMARTS) is 1. The standard InChI is InChI=1S/C23H23NO2/c1-15-7-12-21-19(13-15)20(23(25)26)14-22(24-21)18-10-8-17(9-11-18)16-5-3-2-4-6-16/h7-14,16H,2-6H2,1H3,(H,25,26)/p-1. The molecule has 1 aromatic heterocycles. The quantitative estimate of drug-likeness (QED) is 0.696. The molecular formula is C23H22NO2-. The average Bonchev–Trinajstić information content (AvgIpc) is 2.68. The summed E-state index contributed by atoms with van der Waals surface area (Å²) in [6.45, 7) is 1.94. The van der Waals surface area contributed by atoms with E-state index in [4.69, 9.17) is 0 Å². The van der Waals surface area contributed by atoms with E-state index < -0.39 is 5.97 Å².